The third-order valence-electron chi connectivity index (χ3n) is 2.73. The zero-order valence-corrected chi connectivity index (χ0v) is 10.3. The van der Waals surface area contributed by atoms with E-state index in [1.54, 1.807) is 18.9 Å². The van der Waals surface area contributed by atoms with Crippen LogP contribution in [0, 0.1) is 6.92 Å². The van der Waals surface area contributed by atoms with Crippen molar-refractivity contribution in [2.45, 2.75) is 16.6 Å². The van der Waals surface area contributed by atoms with E-state index in [1.807, 2.05) is 18.2 Å². The molecule has 1 fully saturated rings. The quantitative estimate of drug-likeness (QED) is 0.872. The van der Waals surface area contributed by atoms with Crippen LogP contribution in [0.1, 0.15) is 5.56 Å². The number of ether oxygens (including phenoxy) is 2. The van der Waals surface area contributed by atoms with Gasteiger partial charge in [-0.2, -0.15) is 0 Å². The van der Waals surface area contributed by atoms with Gasteiger partial charge in [0, 0.05) is 4.90 Å². The molecule has 0 spiro atoms. The largest absolute Gasteiger partial charge is 0.497 e. The van der Waals surface area contributed by atoms with Gasteiger partial charge in [-0.1, -0.05) is 0 Å². The molecule has 1 aromatic rings. The molecule has 0 unspecified atom stereocenters. The predicted molar refractivity (Wildman–Crippen MR) is 64.2 cm³/mol. The zero-order chi connectivity index (χ0) is 11.6. The van der Waals surface area contributed by atoms with Crippen LogP contribution in [0.4, 0.5) is 0 Å². The zero-order valence-electron chi connectivity index (χ0n) is 9.53. The van der Waals surface area contributed by atoms with Crippen LogP contribution in [-0.2, 0) is 4.74 Å². The summed E-state index contributed by atoms with van der Waals surface area (Å²) in [5.74, 6) is 0.866. The molecule has 2 rings (SSSR count). The van der Waals surface area contributed by atoms with E-state index in [4.69, 9.17) is 9.47 Å². The lowest BCUT2D eigenvalue weighted by Gasteiger charge is -2.39. The number of aryl methyl sites for hydroxylation is 1. The van der Waals surface area contributed by atoms with Gasteiger partial charge in [-0.05, 0) is 30.7 Å². The number of thioether (sulfide) groups is 1. The van der Waals surface area contributed by atoms with E-state index in [0.717, 1.165) is 5.75 Å². The predicted octanol–water partition coefficient (Wildman–Crippen LogP) is 1.86. The molecule has 0 aliphatic carbocycles. The van der Waals surface area contributed by atoms with Crippen LogP contribution in [0.25, 0.3) is 0 Å². The maximum atomic E-state index is 9.36. The van der Waals surface area contributed by atoms with Gasteiger partial charge < -0.3 is 14.6 Å². The molecule has 1 N–H and O–H groups in total. The van der Waals surface area contributed by atoms with Crippen molar-refractivity contribution in [3.8, 4) is 5.75 Å². The minimum absolute atomic E-state index is 0.140. The molecule has 1 saturated heterocycles. The van der Waals surface area contributed by atoms with Crippen LogP contribution in [0.2, 0.25) is 0 Å². The van der Waals surface area contributed by atoms with Gasteiger partial charge in [-0.15, -0.1) is 11.8 Å². The second-order valence-corrected chi connectivity index (χ2v) is 5.58. The van der Waals surface area contributed by atoms with Crippen LogP contribution in [0.3, 0.4) is 0 Å². The average Bonchev–Trinajstić information content (AvgIpc) is 2.25. The first-order chi connectivity index (χ1) is 7.69. The van der Waals surface area contributed by atoms with Gasteiger partial charge >= 0.3 is 0 Å². The highest BCUT2D eigenvalue weighted by Crippen LogP contribution is 2.40. The van der Waals surface area contributed by atoms with Crippen molar-refractivity contribution in [3.05, 3.63) is 23.8 Å². The maximum Gasteiger partial charge on any atom is 0.119 e. The van der Waals surface area contributed by atoms with Crippen molar-refractivity contribution in [2.75, 3.05) is 26.9 Å². The van der Waals surface area contributed by atoms with E-state index in [0.29, 0.717) is 13.2 Å². The van der Waals surface area contributed by atoms with Gasteiger partial charge in [0.2, 0.25) is 0 Å². The second-order valence-electron chi connectivity index (χ2n) is 4.07. The normalized spacial score (nSPS) is 17.9. The SMILES string of the molecule is COc1ccc(SC2(CO)COC2)c(C)c1. The van der Waals surface area contributed by atoms with Gasteiger partial charge in [-0.25, -0.2) is 0 Å². The lowest BCUT2D eigenvalue weighted by atomic mass is 10.1. The topological polar surface area (TPSA) is 38.7 Å². The van der Waals surface area contributed by atoms with E-state index in [1.165, 1.54) is 10.5 Å². The smallest absolute Gasteiger partial charge is 0.119 e. The Labute approximate surface area is 99.8 Å². The molecular weight excluding hydrogens is 224 g/mol. The molecule has 1 aliphatic rings. The number of hydrogen-bond donors (Lipinski definition) is 1. The van der Waals surface area contributed by atoms with Gasteiger partial charge in [0.05, 0.1) is 31.7 Å². The van der Waals surface area contributed by atoms with Crippen molar-refractivity contribution < 1.29 is 14.6 Å². The van der Waals surface area contributed by atoms with E-state index in [9.17, 15) is 5.11 Å². The fourth-order valence-corrected chi connectivity index (χ4v) is 2.78. The van der Waals surface area contributed by atoms with E-state index >= 15 is 0 Å². The number of rotatable bonds is 4. The summed E-state index contributed by atoms with van der Waals surface area (Å²) in [4.78, 5) is 1.18. The highest BCUT2D eigenvalue weighted by Gasteiger charge is 2.39. The van der Waals surface area contributed by atoms with Crippen LogP contribution in [0.5, 0.6) is 5.75 Å². The van der Waals surface area contributed by atoms with E-state index in [2.05, 4.69) is 6.92 Å². The molecule has 0 radical (unpaired) electrons. The molecular formula is C12H16O3S. The Morgan fingerprint density at radius 1 is 1.50 bits per heavy atom. The minimum Gasteiger partial charge on any atom is -0.497 e. The molecule has 0 atom stereocenters. The van der Waals surface area contributed by atoms with E-state index in [-0.39, 0.29) is 11.4 Å². The van der Waals surface area contributed by atoms with Crippen molar-refractivity contribution in [2.24, 2.45) is 0 Å². The third-order valence-corrected chi connectivity index (χ3v) is 4.20. The van der Waals surface area contributed by atoms with E-state index < -0.39 is 0 Å². The molecule has 0 bridgehead atoms. The number of benzene rings is 1. The summed E-state index contributed by atoms with van der Waals surface area (Å²) in [6.45, 7) is 3.46. The Morgan fingerprint density at radius 3 is 2.69 bits per heavy atom. The molecule has 3 nitrogen and oxygen atoms in total. The summed E-state index contributed by atoms with van der Waals surface area (Å²) >= 11 is 1.69. The first-order valence-electron chi connectivity index (χ1n) is 5.21. The van der Waals surface area contributed by atoms with Gasteiger partial charge in [0.25, 0.3) is 0 Å². The molecule has 0 amide bonds. The van der Waals surface area contributed by atoms with Crippen LogP contribution < -0.4 is 4.74 Å². The summed E-state index contributed by atoms with van der Waals surface area (Å²) in [5.41, 5.74) is 1.17. The summed E-state index contributed by atoms with van der Waals surface area (Å²) in [7, 11) is 1.66. The highest BCUT2D eigenvalue weighted by molar-refractivity contribution is 8.00. The molecule has 0 saturated carbocycles. The number of methoxy groups -OCH3 is 1. The number of aliphatic hydroxyl groups is 1. The molecule has 0 aromatic heterocycles. The van der Waals surface area contributed by atoms with Gasteiger partial charge in [0.1, 0.15) is 5.75 Å². The molecule has 1 heterocycles. The Bertz CT molecular complexity index is 369. The monoisotopic (exact) mass is 240 g/mol. The lowest BCUT2D eigenvalue weighted by Crippen LogP contribution is -2.49. The Balaban J connectivity index is 2.15. The molecule has 1 aromatic carbocycles. The highest BCUT2D eigenvalue weighted by atomic mass is 32.2. The number of aliphatic hydroxyl groups excluding tert-OH is 1. The maximum absolute atomic E-state index is 9.36. The van der Waals surface area contributed by atoms with Gasteiger partial charge in [-0.3, -0.25) is 0 Å². The average molecular weight is 240 g/mol. The lowest BCUT2D eigenvalue weighted by molar-refractivity contribution is -0.0318. The summed E-state index contributed by atoms with van der Waals surface area (Å²) < 4.78 is 10.2. The number of hydrogen-bond acceptors (Lipinski definition) is 4. The van der Waals surface area contributed by atoms with Crippen LogP contribution in [0.15, 0.2) is 23.1 Å². The standard InChI is InChI=1S/C12H16O3S/c1-9-5-10(14-2)3-4-11(9)16-12(6-13)7-15-8-12/h3-5,13H,6-8H2,1-2H3. The molecule has 16 heavy (non-hydrogen) atoms. The van der Waals surface area contributed by atoms with Crippen molar-refractivity contribution in [3.63, 3.8) is 0 Å². The first kappa shape index (κ1) is 11.8. The molecule has 1 aliphatic heterocycles. The Morgan fingerprint density at radius 2 is 2.25 bits per heavy atom. The van der Waals surface area contributed by atoms with Crippen molar-refractivity contribution in [1.29, 1.82) is 0 Å². The Hall–Kier alpha value is -0.710. The van der Waals surface area contributed by atoms with Crippen molar-refractivity contribution >= 4 is 11.8 Å². The summed E-state index contributed by atoms with van der Waals surface area (Å²) in [5, 5.41) is 9.36. The Kier molecular flexibility index (Phi) is 3.42. The first-order valence-corrected chi connectivity index (χ1v) is 6.03. The van der Waals surface area contributed by atoms with Crippen LogP contribution >= 0.6 is 11.8 Å². The minimum atomic E-state index is -0.140. The fraction of sp³-hybridized carbons (Fsp3) is 0.500. The van der Waals surface area contributed by atoms with Crippen molar-refractivity contribution in [1.82, 2.24) is 0 Å². The fourth-order valence-electron chi connectivity index (χ4n) is 1.61. The molecule has 88 valence electrons. The second kappa shape index (κ2) is 4.65. The molecule has 4 heteroatoms. The summed E-state index contributed by atoms with van der Waals surface area (Å²) in [6.07, 6.45) is 0. The third kappa shape index (κ3) is 2.19. The van der Waals surface area contributed by atoms with Gasteiger partial charge in [0.15, 0.2) is 0 Å². The summed E-state index contributed by atoms with van der Waals surface area (Å²) in [6, 6.07) is 5.99. The van der Waals surface area contributed by atoms with Crippen LogP contribution in [-0.4, -0.2) is 36.8 Å².